The summed E-state index contributed by atoms with van der Waals surface area (Å²) >= 11 is 0. The molecule has 0 saturated heterocycles. The number of ether oxygens (including phenoxy) is 1. The van der Waals surface area contributed by atoms with E-state index >= 15 is 0 Å². The third-order valence-corrected chi connectivity index (χ3v) is 2.11. The van der Waals surface area contributed by atoms with Gasteiger partial charge in [-0.3, -0.25) is 9.59 Å². The molecular weight excluding hydrogens is 192 g/mol. The second kappa shape index (κ2) is 5.96. The molecule has 0 radical (unpaired) electrons. The predicted molar refractivity (Wildman–Crippen MR) is 56.6 cm³/mol. The maximum atomic E-state index is 11.6. The molecule has 0 aliphatic heterocycles. The number of rotatable bonds is 5. The van der Waals surface area contributed by atoms with Crippen molar-refractivity contribution in [1.82, 2.24) is 0 Å². The largest absolute Gasteiger partial charge is 0.469 e. The molecule has 3 heteroatoms. The summed E-state index contributed by atoms with van der Waals surface area (Å²) < 4.78 is 4.49. The average Bonchev–Trinajstić information content (AvgIpc) is 2.29. The van der Waals surface area contributed by atoms with Crippen LogP contribution in [0.25, 0.3) is 0 Å². The summed E-state index contributed by atoms with van der Waals surface area (Å²) in [4.78, 5) is 22.4. The lowest BCUT2D eigenvalue weighted by Gasteiger charge is -2.00. The van der Waals surface area contributed by atoms with E-state index in [1.807, 2.05) is 18.2 Å². The van der Waals surface area contributed by atoms with Crippen LogP contribution in [-0.2, 0) is 9.53 Å². The fourth-order valence-corrected chi connectivity index (χ4v) is 1.26. The van der Waals surface area contributed by atoms with E-state index in [0.717, 1.165) is 0 Å². The highest BCUT2D eigenvalue weighted by Crippen LogP contribution is 2.06. The Hall–Kier alpha value is -1.64. The second-order valence-corrected chi connectivity index (χ2v) is 3.22. The Kier molecular flexibility index (Phi) is 4.54. The Morgan fingerprint density at radius 2 is 1.80 bits per heavy atom. The summed E-state index contributed by atoms with van der Waals surface area (Å²) in [5.74, 6) is -0.199. The van der Waals surface area contributed by atoms with Crippen molar-refractivity contribution in [3.63, 3.8) is 0 Å². The van der Waals surface area contributed by atoms with Gasteiger partial charge in [-0.15, -0.1) is 0 Å². The summed E-state index contributed by atoms with van der Waals surface area (Å²) in [6.45, 7) is 0. The van der Waals surface area contributed by atoms with Crippen LogP contribution >= 0.6 is 0 Å². The van der Waals surface area contributed by atoms with Gasteiger partial charge in [0.05, 0.1) is 7.11 Å². The smallest absolute Gasteiger partial charge is 0.305 e. The monoisotopic (exact) mass is 206 g/mol. The number of hydrogen-bond donors (Lipinski definition) is 0. The number of hydrogen-bond acceptors (Lipinski definition) is 3. The molecule has 0 saturated carbocycles. The van der Waals surface area contributed by atoms with Gasteiger partial charge in [0.15, 0.2) is 5.78 Å². The molecule has 0 aliphatic carbocycles. The van der Waals surface area contributed by atoms with Gasteiger partial charge in [0.2, 0.25) is 0 Å². The van der Waals surface area contributed by atoms with Gasteiger partial charge in [-0.05, 0) is 6.42 Å². The molecule has 0 spiro atoms. The number of esters is 1. The Morgan fingerprint density at radius 3 is 2.40 bits per heavy atom. The van der Waals surface area contributed by atoms with Crippen LogP contribution in [0, 0.1) is 0 Å². The molecule has 0 amide bonds. The minimum atomic E-state index is -0.268. The van der Waals surface area contributed by atoms with E-state index in [4.69, 9.17) is 0 Å². The van der Waals surface area contributed by atoms with Gasteiger partial charge in [-0.1, -0.05) is 30.3 Å². The highest BCUT2D eigenvalue weighted by molar-refractivity contribution is 5.96. The van der Waals surface area contributed by atoms with E-state index in [1.54, 1.807) is 12.1 Å². The van der Waals surface area contributed by atoms with Gasteiger partial charge in [-0.2, -0.15) is 0 Å². The molecule has 0 atom stereocenters. The standard InChI is InChI=1S/C12H14O3/c1-15-12(14)9-5-8-11(13)10-6-3-2-4-7-10/h2-4,6-7H,5,8-9H2,1H3. The zero-order chi connectivity index (χ0) is 11.1. The molecule has 3 nitrogen and oxygen atoms in total. The Labute approximate surface area is 89.1 Å². The molecule has 80 valence electrons. The molecule has 0 unspecified atom stereocenters. The number of methoxy groups -OCH3 is 1. The first-order chi connectivity index (χ1) is 7.24. The maximum absolute atomic E-state index is 11.6. The third kappa shape index (κ3) is 3.94. The van der Waals surface area contributed by atoms with Crippen molar-refractivity contribution in [2.45, 2.75) is 19.3 Å². The zero-order valence-corrected chi connectivity index (χ0v) is 8.73. The normalized spacial score (nSPS) is 9.67. The lowest BCUT2D eigenvalue weighted by atomic mass is 10.1. The summed E-state index contributed by atoms with van der Waals surface area (Å²) in [5.41, 5.74) is 0.697. The van der Waals surface area contributed by atoms with Crippen LogP contribution in [0.4, 0.5) is 0 Å². The SMILES string of the molecule is COC(=O)CCCC(=O)c1ccccc1. The van der Waals surface area contributed by atoms with Crippen LogP contribution in [0.2, 0.25) is 0 Å². The number of Topliss-reactive ketones (excluding diaryl/α,β-unsaturated/α-hetero) is 1. The molecule has 0 heterocycles. The molecule has 1 aromatic carbocycles. The minimum Gasteiger partial charge on any atom is -0.469 e. The second-order valence-electron chi connectivity index (χ2n) is 3.22. The fourth-order valence-electron chi connectivity index (χ4n) is 1.26. The predicted octanol–water partition coefficient (Wildman–Crippen LogP) is 2.21. The van der Waals surface area contributed by atoms with Crippen molar-refractivity contribution in [2.24, 2.45) is 0 Å². The summed E-state index contributed by atoms with van der Waals surface area (Å²) in [5, 5.41) is 0. The zero-order valence-electron chi connectivity index (χ0n) is 8.73. The fraction of sp³-hybridized carbons (Fsp3) is 0.333. The molecule has 0 aromatic heterocycles. The van der Waals surface area contributed by atoms with E-state index in [1.165, 1.54) is 7.11 Å². The van der Waals surface area contributed by atoms with Crippen molar-refractivity contribution >= 4 is 11.8 Å². The molecule has 0 aliphatic rings. The van der Waals surface area contributed by atoms with Crippen LogP contribution in [-0.4, -0.2) is 18.9 Å². The lowest BCUT2D eigenvalue weighted by molar-refractivity contribution is -0.140. The van der Waals surface area contributed by atoms with Crippen molar-refractivity contribution in [1.29, 1.82) is 0 Å². The van der Waals surface area contributed by atoms with E-state index in [0.29, 0.717) is 24.8 Å². The minimum absolute atomic E-state index is 0.0690. The van der Waals surface area contributed by atoms with Crippen LogP contribution in [0.5, 0.6) is 0 Å². The van der Waals surface area contributed by atoms with Gasteiger partial charge in [0.25, 0.3) is 0 Å². The van der Waals surface area contributed by atoms with Gasteiger partial charge in [0.1, 0.15) is 0 Å². The molecule has 1 aromatic rings. The molecule has 0 N–H and O–H groups in total. The van der Waals surface area contributed by atoms with Crippen molar-refractivity contribution in [3.8, 4) is 0 Å². The average molecular weight is 206 g/mol. The maximum Gasteiger partial charge on any atom is 0.305 e. The van der Waals surface area contributed by atoms with Crippen molar-refractivity contribution < 1.29 is 14.3 Å². The van der Waals surface area contributed by atoms with E-state index in [2.05, 4.69) is 4.74 Å². The summed E-state index contributed by atoms with van der Waals surface area (Å²) in [6.07, 6.45) is 1.23. The summed E-state index contributed by atoms with van der Waals surface area (Å²) in [7, 11) is 1.35. The molecule has 0 bridgehead atoms. The van der Waals surface area contributed by atoms with Gasteiger partial charge in [0, 0.05) is 18.4 Å². The van der Waals surface area contributed by atoms with Crippen molar-refractivity contribution in [2.75, 3.05) is 7.11 Å². The van der Waals surface area contributed by atoms with Crippen LogP contribution < -0.4 is 0 Å². The van der Waals surface area contributed by atoms with E-state index in [-0.39, 0.29) is 11.8 Å². The Bertz CT molecular complexity index is 330. The lowest BCUT2D eigenvalue weighted by Crippen LogP contribution is -2.03. The third-order valence-electron chi connectivity index (χ3n) is 2.11. The molecule has 15 heavy (non-hydrogen) atoms. The van der Waals surface area contributed by atoms with Gasteiger partial charge < -0.3 is 4.74 Å². The number of carbonyl (C=O) groups is 2. The first-order valence-electron chi connectivity index (χ1n) is 4.89. The Morgan fingerprint density at radius 1 is 1.13 bits per heavy atom. The van der Waals surface area contributed by atoms with E-state index in [9.17, 15) is 9.59 Å². The number of carbonyl (C=O) groups excluding carboxylic acids is 2. The number of ketones is 1. The van der Waals surface area contributed by atoms with Crippen molar-refractivity contribution in [3.05, 3.63) is 35.9 Å². The molecule has 1 rings (SSSR count). The van der Waals surface area contributed by atoms with Gasteiger partial charge in [-0.25, -0.2) is 0 Å². The molecular formula is C12H14O3. The summed E-state index contributed by atoms with van der Waals surface area (Å²) in [6, 6.07) is 9.08. The highest BCUT2D eigenvalue weighted by Gasteiger charge is 2.06. The molecule has 0 fully saturated rings. The quantitative estimate of drug-likeness (QED) is 0.548. The number of benzene rings is 1. The first-order valence-corrected chi connectivity index (χ1v) is 4.89. The van der Waals surface area contributed by atoms with Gasteiger partial charge >= 0.3 is 5.97 Å². The van der Waals surface area contributed by atoms with Crippen LogP contribution in [0.1, 0.15) is 29.6 Å². The topological polar surface area (TPSA) is 43.4 Å². The van der Waals surface area contributed by atoms with Crippen LogP contribution in [0.3, 0.4) is 0 Å². The van der Waals surface area contributed by atoms with Crippen LogP contribution in [0.15, 0.2) is 30.3 Å². The highest BCUT2D eigenvalue weighted by atomic mass is 16.5. The Balaban J connectivity index is 2.34. The first kappa shape index (κ1) is 11.4. The van der Waals surface area contributed by atoms with E-state index < -0.39 is 0 Å².